The second kappa shape index (κ2) is 11.5. The van der Waals surface area contributed by atoms with E-state index in [0.29, 0.717) is 19.6 Å². The minimum absolute atomic E-state index is 0.0830. The van der Waals surface area contributed by atoms with Crippen molar-refractivity contribution in [2.24, 2.45) is 0 Å². The Bertz CT molecular complexity index is 1200. The van der Waals surface area contributed by atoms with Crippen molar-refractivity contribution >= 4 is 56.0 Å². The van der Waals surface area contributed by atoms with E-state index in [1.807, 2.05) is 84.6 Å². The van der Waals surface area contributed by atoms with Crippen LogP contribution in [0.1, 0.15) is 25.3 Å². The average molecular weight is 497 g/mol. The number of aromatic nitrogens is 1. The summed E-state index contributed by atoms with van der Waals surface area (Å²) < 4.78 is 6.64. The molecular formula is C26H25ClN2O2S2. The van der Waals surface area contributed by atoms with Gasteiger partial charge in [-0.25, -0.2) is 4.98 Å². The van der Waals surface area contributed by atoms with Crippen LogP contribution in [-0.2, 0) is 11.3 Å². The number of carbonyl (C=O) groups excluding carboxylic acids is 1. The highest BCUT2D eigenvalue weighted by molar-refractivity contribution is 7.99. The molecule has 0 aliphatic carbocycles. The van der Waals surface area contributed by atoms with Crippen LogP contribution < -0.4 is 9.64 Å². The molecule has 170 valence electrons. The van der Waals surface area contributed by atoms with Crippen molar-refractivity contribution in [2.45, 2.75) is 31.2 Å². The summed E-state index contributed by atoms with van der Waals surface area (Å²) in [6, 6.07) is 23.7. The Morgan fingerprint density at radius 3 is 2.64 bits per heavy atom. The molecule has 4 aromatic rings. The Hall–Kier alpha value is -2.54. The normalized spacial score (nSPS) is 11.0. The van der Waals surface area contributed by atoms with E-state index < -0.39 is 0 Å². The SMILES string of the molecule is CCOc1ccc2nc(N(Cc3ccccc3)C(=O)CCCSc3ccc(Cl)cc3)sc2c1. The van der Waals surface area contributed by atoms with Crippen molar-refractivity contribution < 1.29 is 9.53 Å². The van der Waals surface area contributed by atoms with Gasteiger partial charge in [0, 0.05) is 16.3 Å². The zero-order valence-electron chi connectivity index (χ0n) is 18.4. The van der Waals surface area contributed by atoms with E-state index in [-0.39, 0.29) is 5.91 Å². The van der Waals surface area contributed by atoms with Gasteiger partial charge < -0.3 is 4.74 Å². The number of hydrogen-bond acceptors (Lipinski definition) is 5. The second-order valence-electron chi connectivity index (χ2n) is 7.43. The Morgan fingerprint density at radius 1 is 1.09 bits per heavy atom. The van der Waals surface area contributed by atoms with Gasteiger partial charge in [-0.15, -0.1) is 11.8 Å². The first-order valence-electron chi connectivity index (χ1n) is 10.9. The van der Waals surface area contributed by atoms with Crippen LogP contribution in [0.3, 0.4) is 0 Å². The van der Waals surface area contributed by atoms with Gasteiger partial charge in [0.1, 0.15) is 5.75 Å². The van der Waals surface area contributed by atoms with Gasteiger partial charge >= 0.3 is 0 Å². The zero-order chi connectivity index (χ0) is 23.0. The molecule has 0 atom stereocenters. The molecule has 7 heteroatoms. The first-order valence-corrected chi connectivity index (χ1v) is 13.1. The number of hydrogen-bond donors (Lipinski definition) is 0. The highest BCUT2D eigenvalue weighted by atomic mass is 35.5. The second-order valence-corrected chi connectivity index (χ2v) is 10.0. The number of thioether (sulfide) groups is 1. The highest BCUT2D eigenvalue weighted by Gasteiger charge is 2.20. The van der Waals surface area contributed by atoms with Crippen molar-refractivity contribution in [1.82, 2.24) is 4.98 Å². The lowest BCUT2D eigenvalue weighted by Gasteiger charge is -2.20. The lowest BCUT2D eigenvalue weighted by Crippen LogP contribution is -2.30. The van der Waals surface area contributed by atoms with Crippen LogP contribution in [-0.4, -0.2) is 23.3 Å². The van der Waals surface area contributed by atoms with E-state index in [1.165, 1.54) is 11.3 Å². The molecule has 1 heterocycles. The third-order valence-electron chi connectivity index (χ3n) is 4.99. The van der Waals surface area contributed by atoms with Gasteiger partial charge in [-0.2, -0.15) is 0 Å². The number of anilines is 1. The fraction of sp³-hybridized carbons (Fsp3) is 0.231. The third-order valence-corrected chi connectivity index (χ3v) is 7.38. The molecule has 0 saturated carbocycles. The molecule has 0 fully saturated rings. The predicted octanol–water partition coefficient (Wildman–Crippen LogP) is 7.45. The minimum Gasteiger partial charge on any atom is -0.494 e. The number of fused-ring (bicyclic) bond motifs is 1. The van der Waals surface area contributed by atoms with Gasteiger partial charge in [-0.05, 0) is 67.1 Å². The van der Waals surface area contributed by atoms with Gasteiger partial charge in [0.2, 0.25) is 5.91 Å². The molecule has 0 spiro atoms. The number of halogens is 1. The summed E-state index contributed by atoms with van der Waals surface area (Å²) in [5, 5.41) is 1.45. The van der Waals surface area contributed by atoms with Crippen molar-refractivity contribution in [3.63, 3.8) is 0 Å². The molecule has 1 aromatic heterocycles. The van der Waals surface area contributed by atoms with Gasteiger partial charge in [0.05, 0.1) is 23.4 Å². The topological polar surface area (TPSA) is 42.4 Å². The van der Waals surface area contributed by atoms with Crippen molar-refractivity contribution in [2.75, 3.05) is 17.3 Å². The van der Waals surface area contributed by atoms with Crippen LogP contribution in [0.15, 0.2) is 77.7 Å². The van der Waals surface area contributed by atoms with Crippen molar-refractivity contribution in [3.8, 4) is 5.75 Å². The lowest BCUT2D eigenvalue weighted by atomic mass is 10.2. The molecule has 1 amide bonds. The Balaban J connectivity index is 1.47. The van der Waals surface area contributed by atoms with Crippen LogP contribution in [0.4, 0.5) is 5.13 Å². The first-order chi connectivity index (χ1) is 16.1. The largest absolute Gasteiger partial charge is 0.494 e. The van der Waals surface area contributed by atoms with Crippen LogP contribution in [0, 0.1) is 0 Å². The number of carbonyl (C=O) groups is 1. The lowest BCUT2D eigenvalue weighted by molar-refractivity contribution is -0.118. The van der Waals surface area contributed by atoms with E-state index in [0.717, 1.165) is 48.8 Å². The first kappa shape index (κ1) is 23.6. The standard InChI is InChI=1S/C26H25ClN2O2S2/c1-2-31-21-12-15-23-24(17-21)33-26(28-23)29(18-19-7-4-3-5-8-19)25(30)9-6-16-32-22-13-10-20(27)11-14-22/h3-5,7-8,10-15,17H,2,6,9,16,18H2,1H3. The molecule has 0 aliphatic heterocycles. The summed E-state index contributed by atoms with van der Waals surface area (Å²) in [5.41, 5.74) is 1.96. The average Bonchev–Trinajstić information content (AvgIpc) is 3.25. The van der Waals surface area contributed by atoms with E-state index >= 15 is 0 Å². The maximum absolute atomic E-state index is 13.3. The Labute approximate surface area is 207 Å². The summed E-state index contributed by atoms with van der Waals surface area (Å²) in [4.78, 5) is 21.0. The van der Waals surface area contributed by atoms with Gasteiger partial charge in [-0.3, -0.25) is 9.69 Å². The molecule has 0 N–H and O–H groups in total. The number of rotatable bonds is 10. The fourth-order valence-electron chi connectivity index (χ4n) is 3.37. The van der Waals surface area contributed by atoms with Crippen LogP contribution in [0.5, 0.6) is 5.75 Å². The molecule has 0 unspecified atom stereocenters. The van der Waals surface area contributed by atoms with Gasteiger partial charge in [-0.1, -0.05) is 53.3 Å². The van der Waals surface area contributed by atoms with E-state index in [1.54, 1.807) is 11.8 Å². The Morgan fingerprint density at radius 2 is 1.88 bits per heavy atom. The van der Waals surface area contributed by atoms with E-state index in [2.05, 4.69) is 0 Å². The number of nitrogens with zero attached hydrogens (tertiary/aromatic N) is 2. The van der Waals surface area contributed by atoms with Crippen LogP contribution in [0.2, 0.25) is 5.02 Å². The molecule has 0 bridgehead atoms. The molecule has 4 nitrogen and oxygen atoms in total. The summed E-state index contributed by atoms with van der Waals surface area (Å²) in [7, 11) is 0. The van der Waals surface area contributed by atoms with Crippen LogP contribution in [0.25, 0.3) is 10.2 Å². The van der Waals surface area contributed by atoms with Gasteiger partial charge in [0.25, 0.3) is 0 Å². The van der Waals surface area contributed by atoms with Crippen LogP contribution >= 0.6 is 34.7 Å². The highest BCUT2D eigenvalue weighted by Crippen LogP contribution is 2.33. The fourth-order valence-corrected chi connectivity index (χ4v) is 5.36. The summed E-state index contributed by atoms with van der Waals surface area (Å²) in [6.45, 7) is 3.08. The predicted molar refractivity (Wildman–Crippen MR) is 140 cm³/mol. The molecule has 4 rings (SSSR count). The molecular weight excluding hydrogens is 472 g/mol. The monoisotopic (exact) mass is 496 g/mol. The number of thiazole rings is 1. The van der Waals surface area contributed by atoms with Gasteiger partial charge in [0.15, 0.2) is 5.13 Å². The molecule has 0 radical (unpaired) electrons. The maximum atomic E-state index is 13.3. The van der Waals surface area contributed by atoms with E-state index in [9.17, 15) is 4.79 Å². The molecule has 3 aromatic carbocycles. The van der Waals surface area contributed by atoms with E-state index in [4.69, 9.17) is 21.3 Å². The molecule has 0 aliphatic rings. The zero-order valence-corrected chi connectivity index (χ0v) is 20.8. The van der Waals surface area contributed by atoms with Crippen molar-refractivity contribution in [3.05, 3.63) is 83.4 Å². The van der Waals surface area contributed by atoms with Crippen molar-refractivity contribution in [1.29, 1.82) is 0 Å². The quantitative estimate of drug-likeness (QED) is 0.169. The minimum atomic E-state index is 0.0830. The summed E-state index contributed by atoms with van der Waals surface area (Å²) >= 11 is 9.22. The summed E-state index contributed by atoms with van der Waals surface area (Å²) in [6.07, 6.45) is 1.25. The third kappa shape index (κ3) is 6.50. The number of ether oxygens (including phenoxy) is 1. The summed E-state index contributed by atoms with van der Waals surface area (Å²) in [5.74, 6) is 1.77. The maximum Gasteiger partial charge on any atom is 0.229 e. The Kier molecular flexibility index (Phi) is 8.26. The molecule has 33 heavy (non-hydrogen) atoms. The smallest absolute Gasteiger partial charge is 0.229 e. The molecule has 0 saturated heterocycles. The number of benzene rings is 3. The number of amides is 1.